The zero-order chi connectivity index (χ0) is 13.7. The zero-order valence-electron chi connectivity index (χ0n) is 11.9. The van der Waals surface area contributed by atoms with Gasteiger partial charge < -0.3 is 19.5 Å². The van der Waals surface area contributed by atoms with Gasteiger partial charge in [-0.15, -0.1) is 0 Å². The van der Waals surface area contributed by atoms with Crippen molar-refractivity contribution in [3.8, 4) is 11.5 Å². The molecule has 0 aliphatic carbocycles. The Morgan fingerprint density at radius 3 is 2.79 bits per heavy atom. The number of methoxy groups -OCH3 is 2. The second-order valence-electron chi connectivity index (χ2n) is 4.69. The molecule has 0 radical (unpaired) electrons. The van der Waals surface area contributed by atoms with Gasteiger partial charge in [0.2, 0.25) is 0 Å². The zero-order valence-corrected chi connectivity index (χ0v) is 11.9. The van der Waals surface area contributed by atoms with Gasteiger partial charge in [-0.3, -0.25) is 0 Å². The maximum absolute atomic E-state index is 5.83. The second kappa shape index (κ2) is 6.78. The molecule has 2 rings (SSSR count). The van der Waals surface area contributed by atoms with Crippen molar-refractivity contribution < 1.29 is 14.2 Å². The average Bonchev–Trinajstić information content (AvgIpc) is 2.98. The Morgan fingerprint density at radius 2 is 2.21 bits per heavy atom. The molecule has 1 fully saturated rings. The van der Waals surface area contributed by atoms with Crippen molar-refractivity contribution in [2.75, 3.05) is 27.4 Å². The predicted molar refractivity (Wildman–Crippen MR) is 74.9 cm³/mol. The Kier molecular flexibility index (Phi) is 5.05. The van der Waals surface area contributed by atoms with Crippen LogP contribution in [0.1, 0.15) is 31.4 Å². The highest BCUT2D eigenvalue weighted by atomic mass is 16.5. The molecule has 0 bridgehead atoms. The normalized spacial score (nSPS) is 20.3. The Morgan fingerprint density at radius 1 is 1.37 bits per heavy atom. The summed E-state index contributed by atoms with van der Waals surface area (Å²) in [5, 5.41) is 3.51. The fourth-order valence-corrected chi connectivity index (χ4v) is 2.60. The van der Waals surface area contributed by atoms with Gasteiger partial charge in [0, 0.05) is 18.2 Å². The Hall–Kier alpha value is -1.26. The maximum atomic E-state index is 5.83. The number of hydrogen-bond acceptors (Lipinski definition) is 4. The van der Waals surface area contributed by atoms with E-state index in [9.17, 15) is 0 Å². The summed E-state index contributed by atoms with van der Waals surface area (Å²) >= 11 is 0. The van der Waals surface area contributed by atoms with Crippen molar-refractivity contribution in [2.24, 2.45) is 0 Å². The lowest BCUT2D eigenvalue weighted by molar-refractivity contribution is 0.0779. The summed E-state index contributed by atoms with van der Waals surface area (Å²) in [6.07, 6.45) is 2.44. The first-order valence-corrected chi connectivity index (χ1v) is 6.87. The third-order valence-corrected chi connectivity index (χ3v) is 3.54. The van der Waals surface area contributed by atoms with Crippen LogP contribution in [0.15, 0.2) is 18.2 Å². The number of ether oxygens (including phenoxy) is 3. The van der Waals surface area contributed by atoms with Gasteiger partial charge in [-0.05, 0) is 31.5 Å². The van der Waals surface area contributed by atoms with Crippen LogP contribution in [0.5, 0.6) is 11.5 Å². The Labute approximate surface area is 115 Å². The predicted octanol–water partition coefficient (Wildman–Crippen LogP) is 2.53. The highest BCUT2D eigenvalue weighted by Crippen LogP contribution is 2.34. The van der Waals surface area contributed by atoms with Crippen LogP contribution in [0, 0.1) is 0 Å². The van der Waals surface area contributed by atoms with E-state index in [0.29, 0.717) is 0 Å². The summed E-state index contributed by atoms with van der Waals surface area (Å²) in [4.78, 5) is 0. The lowest BCUT2D eigenvalue weighted by Gasteiger charge is -2.26. The van der Waals surface area contributed by atoms with E-state index < -0.39 is 0 Å². The van der Waals surface area contributed by atoms with E-state index >= 15 is 0 Å². The molecule has 1 aromatic rings. The first-order chi connectivity index (χ1) is 9.30. The highest BCUT2D eigenvalue weighted by Gasteiger charge is 2.28. The SMILES string of the molecule is CCNC(c1ccc(OC)cc1OC)C1CCCO1. The number of hydrogen-bond donors (Lipinski definition) is 1. The molecular weight excluding hydrogens is 242 g/mol. The summed E-state index contributed by atoms with van der Waals surface area (Å²) in [6.45, 7) is 3.86. The maximum Gasteiger partial charge on any atom is 0.127 e. The van der Waals surface area contributed by atoms with Crippen LogP contribution in [0.25, 0.3) is 0 Å². The summed E-state index contributed by atoms with van der Waals surface area (Å²) in [6, 6.07) is 6.13. The van der Waals surface area contributed by atoms with Gasteiger partial charge in [0.25, 0.3) is 0 Å². The van der Waals surface area contributed by atoms with Gasteiger partial charge in [-0.25, -0.2) is 0 Å². The van der Waals surface area contributed by atoms with E-state index in [1.807, 2.05) is 12.1 Å². The molecule has 19 heavy (non-hydrogen) atoms. The van der Waals surface area contributed by atoms with Gasteiger partial charge in [0.1, 0.15) is 11.5 Å². The van der Waals surface area contributed by atoms with Crippen LogP contribution in [0.2, 0.25) is 0 Å². The van der Waals surface area contributed by atoms with E-state index in [-0.39, 0.29) is 12.1 Å². The molecule has 106 valence electrons. The molecule has 0 aromatic heterocycles. The average molecular weight is 265 g/mol. The minimum absolute atomic E-state index is 0.174. The van der Waals surface area contributed by atoms with Gasteiger partial charge in [-0.1, -0.05) is 6.92 Å². The molecule has 1 aromatic carbocycles. The number of nitrogens with one attached hydrogen (secondary N) is 1. The van der Waals surface area contributed by atoms with Crippen molar-refractivity contribution in [2.45, 2.75) is 31.9 Å². The molecule has 0 amide bonds. The van der Waals surface area contributed by atoms with E-state index in [0.717, 1.165) is 43.1 Å². The summed E-state index contributed by atoms with van der Waals surface area (Å²) in [5.41, 5.74) is 1.14. The summed E-state index contributed by atoms with van der Waals surface area (Å²) in [7, 11) is 3.35. The van der Waals surface area contributed by atoms with Crippen molar-refractivity contribution in [1.29, 1.82) is 0 Å². The van der Waals surface area contributed by atoms with E-state index in [1.165, 1.54) is 0 Å². The molecule has 1 saturated heterocycles. The molecule has 1 heterocycles. The number of rotatable bonds is 6. The molecule has 1 aliphatic rings. The van der Waals surface area contributed by atoms with E-state index in [4.69, 9.17) is 14.2 Å². The molecule has 1 aliphatic heterocycles. The van der Waals surface area contributed by atoms with Gasteiger partial charge in [0.05, 0.1) is 26.4 Å². The third-order valence-electron chi connectivity index (χ3n) is 3.54. The van der Waals surface area contributed by atoms with E-state index in [1.54, 1.807) is 14.2 Å². The second-order valence-corrected chi connectivity index (χ2v) is 4.69. The standard InChI is InChI=1S/C15H23NO3/c1-4-16-15(13-6-5-9-19-13)12-8-7-11(17-2)10-14(12)18-3/h7-8,10,13,15-16H,4-6,9H2,1-3H3. The van der Waals surface area contributed by atoms with Crippen LogP contribution < -0.4 is 14.8 Å². The quantitative estimate of drug-likeness (QED) is 0.858. The molecule has 1 N–H and O–H groups in total. The minimum atomic E-state index is 0.174. The molecule has 2 atom stereocenters. The van der Waals surface area contributed by atoms with Crippen molar-refractivity contribution in [3.63, 3.8) is 0 Å². The third kappa shape index (κ3) is 3.19. The molecular formula is C15H23NO3. The largest absolute Gasteiger partial charge is 0.497 e. The Balaban J connectivity index is 2.29. The fourth-order valence-electron chi connectivity index (χ4n) is 2.60. The molecule has 4 heteroatoms. The molecule has 0 spiro atoms. The van der Waals surface area contributed by atoms with Gasteiger partial charge in [-0.2, -0.15) is 0 Å². The first-order valence-electron chi connectivity index (χ1n) is 6.87. The van der Waals surface area contributed by atoms with Crippen molar-refractivity contribution in [1.82, 2.24) is 5.32 Å². The molecule has 0 saturated carbocycles. The molecule has 4 nitrogen and oxygen atoms in total. The van der Waals surface area contributed by atoms with Gasteiger partial charge in [0.15, 0.2) is 0 Å². The van der Waals surface area contributed by atoms with Crippen LogP contribution in [-0.4, -0.2) is 33.5 Å². The fraction of sp³-hybridized carbons (Fsp3) is 0.600. The number of benzene rings is 1. The van der Waals surface area contributed by atoms with Gasteiger partial charge >= 0.3 is 0 Å². The summed E-state index contributed by atoms with van der Waals surface area (Å²) in [5.74, 6) is 1.66. The first kappa shape index (κ1) is 14.2. The minimum Gasteiger partial charge on any atom is -0.497 e. The Bertz CT molecular complexity index is 402. The smallest absolute Gasteiger partial charge is 0.127 e. The number of likely N-dealkylation sites (N-methyl/N-ethyl adjacent to an activating group) is 1. The van der Waals surface area contributed by atoms with Crippen molar-refractivity contribution in [3.05, 3.63) is 23.8 Å². The van der Waals surface area contributed by atoms with Crippen molar-refractivity contribution >= 4 is 0 Å². The van der Waals surface area contributed by atoms with Crippen LogP contribution in [0.4, 0.5) is 0 Å². The monoisotopic (exact) mass is 265 g/mol. The van der Waals surface area contributed by atoms with Crippen LogP contribution in [0.3, 0.4) is 0 Å². The highest BCUT2D eigenvalue weighted by molar-refractivity contribution is 5.43. The van der Waals surface area contributed by atoms with Crippen LogP contribution >= 0.6 is 0 Å². The molecule has 2 unspecified atom stereocenters. The summed E-state index contributed by atoms with van der Waals surface area (Å²) < 4.78 is 16.6. The lowest BCUT2D eigenvalue weighted by atomic mass is 9.98. The topological polar surface area (TPSA) is 39.7 Å². The van der Waals surface area contributed by atoms with E-state index in [2.05, 4.69) is 18.3 Å². The lowest BCUT2D eigenvalue weighted by Crippen LogP contribution is -2.31. The van der Waals surface area contributed by atoms with Crippen LogP contribution in [-0.2, 0) is 4.74 Å².